The van der Waals surface area contributed by atoms with E-state index >= 15 is 0 Å². The molecule has 1 fully saturated rings. The van der Waals surface area contributed by atoms with Gasteiger partial charge < -0.3 is 10.6 Å². The average Bonchev–Trinajstić information content (AvgIpc) is 3.26. The molecule has 1 saturated heterocycles. The molecule has 6 heteroatoms. The van der Waals surface area contributed by atoms with Crippen LogP contribution in [-0.2, 0) is 0 Å². The Balaban J connectivity index is 1.50. The Bertz CT molecular complexity index is 759. The van der Waals surface area contributed by atoms with Gasteiger partial charge in [0.1, 0.15) is 0 Å². The van der Waals surface area contributed by atoms with Gasteiger partial charge in [-0.05, 0) is 68.1 Å². The lowest BCUT2D eigenvalue weighted by molar-refractivity contribution is 0.0912. The van der Waals surface area contributed by atoms with Crippen molar-refractivity contribution < 1.29 is 9.59 Å². The maximum Gasteiger partial charge on any atom is 0.265 e. The van der Waals surface area contributed by atoms with Gasteiger partial charge >= 0.3 is 0 Å². The summed E-state index contributed by atoms with van der Waals surface area (Å²) in [6.45, 7) is 5.17. The van der Waals surface area contributed by atoms with Gasteiger partial charge in [0.15, 0.2) is 0 Å². The molecule has 0 saturated carbocycles. The fourth-order valence-corrected chi connectivity index (χ4v) is 4.18. The number of rotatable bonds is 8. The quantitative estimate of drug-likeness (QED) is 0.692. The van der Waals surface area contributed by atoms with Crippen molar-refractivity contribution in [2.24, 2.45) is 0 Å². The molecule has 150 valence electrons. The molecular formula is C22H29N3O2S. The molecule has 1 aromatic carbocycles. The number of benzene rings is 1. The molecule has 1 atom stereocenters. The van der Waals surface area contributed by atoms with Crippen molar-refractivity contribution in [3.63, 3.8) is 0 Å². The van der Waals surface area contributed by atoms with Crippen LogP contribution in [0.3, 0.4) is 0 Å². The van der Waals surface area contributed by atoms with Crippen LogP contribution in [0.15, 0.2) is 41.8 Å². The van der Waals surface area contributed by atoms with E-state index < -0.39 is 0 Å². The third-order valence-electron chi connectivity index (χ3n) is 5.20. The Morgan fingerprint density at radius 3 is 2.68 bits per heavy atom. The van der Waals surface area contributed by atoms with Crippen molar-refractivity contribution in [3.8, 4) is 0 Å². The number of carbonyl (C=O) groups excluding carboxylic acids is 2. The molecule has 0 radical (unpaired) electrons. The first kappa shape index (κ1) is 20.6. The molecule has 2 aromatic rings. The zero-order valence-electron chi connectivity index (χ0n) is 16.4. The lowest BCUT2D eigenvalue weighted by atomic mass is 10.0. The minimum absolute atomic E-state index is 0.0582. The van der Waals surface area contributed by atoms with Gasteiger partial charge in [-0.3, -0.25) is 14.5 Å². The van der Waals surface area contributed by atoms with E-state index in [-0.39, 0.29) is 11.8 Å². The molecule has 0 bridgehead atoms. The summed E-state index contributed by atoms with van der Waals surface area (Å²) < 4.78 is 0. The van der Waals surface area contributed by atoms with Crippen LogP contribution in [0.2, 0.25) is 0 Å². The SMILES string of the molecule is CCCCN1CCCCC1CNC(=O)c1ccc(NC(=O)c2cccs2)cc1. The van der Waals surface area contributed by atoms with Crippen LogP contribution in [0.1, 0.15) is 59.1 Å². The number of hydrogen-bond donors (Lipinski definition) is 2. The second-order valence-corrected chi connectivity index (χ2v) is 8.21. The molecule has 1 aliphatic heterocycles. The zero-order valence-corrected chi connectivity index (χ0v) is 17.3. The van der Waals surface area contributed by atoms with Gasteiger partial charge in [-0.15, -0.1) is 11.3 Å². The van der Waals surface area contributed by atoms with Gasteiger partial charge in [0, 0.05) is 23.8 Å². The number of piperidine rings is 1. The third-order valence-corrected chi connectivity index (χ3v) is 6.06. The minimum Gasteiger partial charge on any atom is -0.350 e. The average molecular weight is 400 g/mol. The molecular weight excluding hydrogens is 370 g/mol. The van der Waals surface area contributed by atoms with Crippen molar-refractivity contribution in [1.29, 1.82) is 0 Å². The summed E-state index contributed by atoms with van der Waals surface area (Å²) in [6.07, 6.45) is 6.06. The molecule has 0 aliphatic carbocycles. The lowest BCUT2D eigenvalue weighted by Gasteiger charge is -2.35. The van der Waals surface area contributed by atoms with Gasteiger partial charge in [0.05, 0.1) is 4.88 Å². The molecule has 1 unspecified atom stereocenters. The monoisotopic (exact) mass is 399 g/mol. The Labute approximate surface area is 171 Å². The number of likely N-dealkylation sites (tertiary alicyclic amines) is 1. The van der Waals surface area contributed by atoms with E-state index in [1.165, 1.54) is 37.0 Å². The molecule has 3 rings (SSSR count). The molecule has 2 amide bonds. The number of nitrogens with one attached hydrogen (secondary N) is 2. The molecule has 2 heterocycles. The van der Waals surface area contributed by atoms with Gasteiger partial charge in [0.25, 0.3) is 11.8 Å². The maximum atomic E-state index is 12.5. The van der Waals surface area contributed by atoms with E-state index in [0.717, 1.165) is 19.5 Å². The topological polar surface area (TPSA) is 61.4 Å². The second kappa shape index (κ2) is 10.4. The van der Waals surface area contributed by atoms with Crippen molar-refractivity contribution in [1.82, 2.24) is 10.2 Å². The molecule has 2 N–H and O–H groups in total. The van der Waals surface area contributed by atoms with Crippen LogP contribution in [0.5, 0.6) is 0 Å². The Kier molecular flexibility index (Phi) is 7.62. The van der Waals surface area contributed by atoms with Crippen LogP contribution in [0.4, 0.5) is 5.69 Å². The summed E-state index contributed by atoms with van der Waals surface area (Å²) in [7, 11) is 0. The third kappa shape index (κ3) is 5.66. The summed E-state index contributed by atoms with van der Waals surface area (Å²) in [5.41, 5.74) is 1.30. The van der Waals surface area contributed by atoms with Gasteiger partial charge in [-0.25, -0.2) is 0 Å². The highest BCUT2D eigenvalue weighted by molar-refractivity contribution is 7.12. The van der Waals surface area contributed by atoms with Crippen LogP contribution in [0.25, 0.3) is 0 Å². The van der Waals surface area contributed by atoms with Crippen LogP contribution in [0, 0.1) is 0 Å². The normalized spacial score (nSPS) is 17.2. The smallest absolute Gasteiger partial charge is 0.265 e. The van der Waals surface area contributed by atoms with E-state index in [1.54, 1.807) is 30.3 Å². The highest BCUT2D eigenvalue weighted by atomic mass is 32.1. The molecule has 5 nitrogen and oxygen atoms in total. The number of hydrogen-bond acceptors (Lipinski definition) is 4. The summed E-state index contributed by atoms with van der Waals surface area (Å²) in [4.78, 5) is 27.8. The Morgan fingerprint density at radius 1 is 1.14 bits per heavy atom. The van der Waals surface area contributed by atoms with Crippen molar-refractivity contribution >= 4 is 28.8 Å². The first-order valence-corrected chi connectivity index (χ1v) is 11.0. The van der Waals surface area contributed by atoms with Crippen LogP contribution >= 0.6 is 11.3 Å². The summed E-state index contributed by atoms with van der Waals surface area (Å²) in [5.74, 6) is -0.186. The number of thiophene rings is 1. The predicted octanol–water partition coefficient (Wildman–Crippen LogP) is 4.38. The van der Waals surface area contributed by atoms with E-state index in [0.29, 0.717) is 28.7 Å². The highest BCUT2D eigenvalue weighted by Crippen LogP contribution is 2.18. The van der Waals surface area contributed by atoms with E-state index in [2.05, 4.69) is 22.5 Å². The Morgan fingerprint density at radius 2 is 1.96 bits per heavy atom. The summed E-state index contributed by atoms with van der Waals surface area (Å²) >= 11 is 1.40. The fourth-order valence-electron chi connectivity index (χ4n) is 3.56. The van der Waals surface area contributed by atoms with E-state index in [9.17, 15) is 9.59 Å². The molecule has 1 aromatic heterocycles. The van der Waals surface area contributed by atoms with Crippen molar-refractivity contribution in [3.05, 3.63) is 52.2 Å². The van der Waals surface area contributed by atoms with Crippen LogP contribution < -0.4 is 10.6 Å². The number of unbranched alkanes of at least 4 members (excludes halogenated alkanes) is 1. The van der Waals surface area contributed by atoms with Gasteiger partial charge in [0.2, 0.25) is 0 Å². The van der Waals surface area contributed by atoms with E-state index in [1.807, 2.05) is 11.4 Å². The predicted molar refractivity (Wildman–Crippen MR) is 115 cm³/mol. The molecule has 28 heavy (non-hydrogen) atoms. The zero-order chi connectivity index (χ0) is 19.8. The first-order valence-electron chi connectivity index (χ1n) is 10.1. The first-order chi connectivity index (χ1) is 13.7. The highest BCUT2D eigenvalue weighted by Gasteiger charge is 2.22. The maximum absolute atomic E-state index is 12.5. The number of nitrogens with zero attached hydrogens (tertiary/aromatic N) is 1. The Hall–Kier alpha value is -2.18. The molecule has 1 aliphatic rings. The summed E-state index contributed by atoms with van der Waals surface area (Å²) in [5, 5.41) is 7.82. The standard InChI is InChI=1S/C22H29N3O2S/c1-2-3-13-25-14-5-4-7-19(25)16-23-21(26)17-9-11-18(12-10-17)24-22(27)20-8-6-15-28-20/h6,8-12,15,19H,2-5,7,13-14,16H2,1H3,(H,23,26)(H,24,27). The lowest BCUT2D eigenvalue weighted by Crippen LogP contribution is -2.47. The van der Waals surface area contributed by atoms with Gasteiger partial charge in [-0.1, -0.05) is 25.8 Å². The second-order valence-electron chi connectivity index (χ2n) is 7.26. The van der Waals surface area contributed by atoms with Gasteiger partial charge in [-0.2, -0.15) is 0 Å². The molecule has 0 spiro atoms. The summed E-state index contributed by atoms with van der Waals surface area (Å²) in [6, 6.07) is 11.1. The fraction of sp³-hybridized carbons (Fsp3) is 0.455. The van der Waals surface area contributed by atoms with Crippen LogP contribution in [-0.4, -0.2) is 42.4 Å². The number of anilines is 1. The minimum atomic E-state index is -0.128. The van der Waals surface area contributed by atoms with Crippen molar-refractivity contribution in [2.75, 3.05) is 25.0 Å². The largest absolute Gasteiger partial charge is 0.350 e. The number of carbonyl (C=O) groups is 2. The number of amides is 2. The van der Waals surface area contributed by atoms with Crippen molar-refractivity contribution in [2.45, 2.75) is 45.1 Å². The van der Waals surface area contributed by atoms with E-state index in [4.69, 9.17) is 0 Å².